The fraction of sp³-hybridized carbons (Fsp3) is 0.200. The molecule has 0 fully saturated rings. The lowest BCUT2D eigenvalue weighted by Gasteiger charge is -2.22. The smallest absolute Gasteiger partial charge is 0.0702 e. The van der Waals surface area contributed by atoms with Gasteiger partial charge in [0, 0.05) is 23.5 Å². The van der Waals surface area contributed by atoms with Gasteiger partial charge in [-0.1, -0.05) is 36.4 Å². The molecule has 3 rings (SSSR count). The van der Waals surface area contributed by atoms with Crippen LogP contribution in [-0.4, -0.2) is 11.7 Å². The van der Waals surface area contributed by atoms with E-state index in [1.54, 1.807) is 0 Å². The van der Waals surface area contributed by atoms with Crippen LogP contribution in [0.1, 0.15) is 11.1 Å². The van der Waals surface area contributed by atoms with Gasteiger partial charge in [-0.05, 0) is 24.1 Å². The number of aliphatic hydroxyl groups is 1. The van der Waals surface area contributed by atoms with Gasteiger partial charge < -0.3 is 10.0 Å². The Balaban J connectivity index is 2.07. The summed E-state index contributed by atoms with van der Waals surface area (Å²) in [4.78, 5) is 2.29. The van der Waals surface area contributed by atoms with E-state index >= 15 is 0 Å². The molecule has 0 amide bonds. The van der Waals surface area contributed by atoms with Crippen LogP contribution in [0.2, 0.25) is 0 Å². The highest BCUT2D eigenvalue weighted by Gasteiger charge is 2.21. The number of benzene rings is 2. The van der Waals surface area contributed by atoms with Gasteiger partial charge in [-0.15, -0.1) is 0 Å². The van der Waals surface area contributed by atoms with Crippen LogP contribution in [-0.2, 0) is 13.0 Å². The van der Waals surface area contributed by atoms with Crippen LogP contribution in [0.3, 0.4) is 0 Å². The Kier molecular flexibility index (Phi) is 2.57. The SMILES string of the molecule is OCc1ccccc1N1CCc2ccccc21. The van der Waals surface area contributed by atoms with Crippen molar-refractivity contribution < 1.29 is 5.11 Å². The second-order valence-electron chi connectivity index (χ2n) is 4.32. The minimum atomic E-state index is 0.0921. The molecule has 0 atom stereocenters. The van der Waals surface area contributed by atoms with Gasteiger partial charge in [0.1, 0.15) is 0 Å². The molecule has 2 aromatic rings. The van der Waals surface area contributed by atoms with Crippen molar-refractivity contribution in [3.8, 4) is 0 Å². The third kappa shape index (κ3) is 1.71. The molecule has 17 heavy (non-hydrogen) atoms. The fourth-order valence-electron chi connectivity index (χ4n) is 2.50. The van der Waals surface area contributed by atoms with E-state index in [1.165, 1.54) is 11.3 Å². The summed E-state index contributed by atoms with van der Waals surface area (Å²) < 4.78 is 0. The van der Waals surface area contributed by atoms with Crippen LogP contribution in [0, 0.1) is 0 Å². The predicted octanol–water partition coefficient (Wildman–Crippen LogP) is 2.87. The van der Waals surface area contributed by atoms with E-state index in [1.807, 2.05) is 18.2 Å². The lowest BCUT2D eigenvalue weighted by Crippen LogP contribution is -2.15. The summed E-state index contributed by atoms with van der Waals surface area (Å²) in [5, 5.41) is 9.40. The largest absolute Gasteiger partial charge is 0.392 e. The van der Waals surface area contributed by atoms with Gasteiger partial charge >= 0.3 is 0 Å². The zero-order valence-corrected chi connectivity index (χ0v) is 9.63. The first kappa shape index (κ1) is 10.4. The first-order valence-electron chi connectivity index (χ1n) is 5.94. The monoisotopic (exact) mass is 225 g/mol. The van der Waals surface area contributed by atoms with Gasteiger partial charge in [0.15, 0.2) is 0 Å². The summed E-state index contributed by atoms with van der Waals surface area (Å²) in [7, 11) is 0. The summed E-state index contributed by atoms with van der Waals surface area (Å²) in [6.45, 7) is 1.09. The first-order valence-corrected chi connectivity index (χ1v) is 5.94. The summed E-state index contributed by atoms with van der Waals surface area (Å²) in [6, 6.07) is 16.5. The maximum atomic E-state index is 9.40. The molecular weight excluding hydrogens is 210 g/mol. The van der Waals surface area contributed by atoms with Crippen LogP contribution in [0.25, 0.3) is 0 Å². The fourth-order valence-corrected chi connectivity index (χ4v) is 2.50. The molecule has 0 saturated carbocycles. The van der Waals surface area contributed by atoms with Crippen LogP contribution in [0.4, 0.5) is 11.4 Å². The van der Waals surface area contributed by atoms with Gasteiger partial charge in [-0.25, -0.2) is 0 Å². The molecule has 0 unspecified atom stereocenters. The summed E-state index contributed by atoms with van der Waals surface area (Å²) in [5.74, 6) is 0. The van der Waals surface area contributed by atoms with Crippen molar-refractivity contribution in [1.29, 1.82) is 0 Å². The average molecular weight is 225 g/mol. The minimum Gasteiger partial charge on any atom is -0.392 e. The van der Waals surface area contributed by atoms with E-state index < -0.39 is 0 Å². The molecule has 2 nitrogen and oxygen atoms in total. The number of para-hydroxylation sites is 2. The quantitative estimate of drug-likeness (QED) is 0.849. The molecule has 0 radical (unpaired) electrons. The Hall–Kier alpha value is -1.80. The van der Waals surface area contributed by atoms with Crippen LogP contribution in [0.5, 0.6) is 0 Å². The second-order valence-corrected chi connectivity index (χ2v) is 4.32. The molecular formula is C15H15NO. The molecule has 86 valence electrons. The topological polar surface area (TPSA) is 23.5 Å². The molecule has 1 aliphatic rings. The van der Waals surface area contributed by atoms with E-state index in [0.29, 0.717) is 0 Å². The molecule has 0 saturated heterocycles. The van der Waals surface area contributed by atoms with Gasteiger partial charge in [-0.3, -0.25) is 0 Å². The van der Waals surface area contributed by atoms with Crippen molar-refractivity contribution in [2.45, 2.75) is 13.0 Å². The third-order valence-corrected chi connectivity index (χ3v) is 3.34. The van der Waals surface area contributed by atoms with E-state index in [9.17, 15) is 5.11 Å². The molecule has 2 aromatic carbocycles. The molecule has 2 heteroatoms. The van der Waals surface area contributed by atoms with E-state index in [0.717, 1.165) is 24.2 Å². The van der Waals surface area contributed by atoms with Crippen molar-refractivity contribution in [2.75, 3.05) is 11.4 Å². The van der Waals surface area contributed by atoms with Crippen molar-refractivity contribution in [2.24, 2.45) is 0 Å². The van der Waals surface area contributed by atoms with E-state index in [4.69, 9.17) is 0 Å². The Labute approximate surface area is 101 Å². The number of aliphatic hydroxyl groups excluding tert-OH is 1. The Morgan fingerprint density at radius 1 is 0.941 bits per heavy atom. The minimum absolute atomic E-state index is 0.0921. The maximum absolute atomic E-state index is 9.40. The number of rotatable bonds is 2. The molecule has 0 bridgehead atoms. The maximum Gasteiger partial charge on any atom is 0.0702 e. The third-order valence-electron chi connectivity index (χ3n) is 3.34. The highest BCUT2D eigenvalue weighted by Crippen LogP contribution is 2.35. The van der Waals surface area contributed by atoms with Crippen LogP contribution in [0.15, 0.2) is 48.5 Å². The molecule has 1 N–H and O–H groups in total. The molecule has 1 heterocycles. The summed E-state index contributed by atoms with van der Waals surface area (Å²) >= 11 is 0. The lowest BCUT2D eigenvalue weighted by molar-refractivity contribution is 0.282. The van der Waals surface area contributed by atoms with Gasteiger partial charge in [0.25, 0.3) is 0 Å². The molecule has 0 aromatic heterocycles. The Morgan fingerprint density at radius 2 is 1.65 bits per heavy atom. The predicted molar refractivity (Wildman–Crippen MR) is 69.5 cm³/mol. The standard InChI is InChI=1S/C15H15NO/c17-11-13-6-2-4-8-15(13)16-10-9-12-5-1-3-7-14(12)16/h1-8,17H,9-11H2. The van der Waals surface area contributed by atoms with Crippen molar-refractivity contribution in [3.05, 3.63) is 59.7 Å². The average Bonchev–Trinajstić information content (AvgIpc) is 2.82. The molecule has 0 aliphatic carbocycles. The van der Waals surface area contributed by atoms with Crippen molar-refractivity contribution in [1.82, 2.24) is 0 Å². The van der Waals surface area contributed by atoms with Gasteiger partial charge in [-0.2, -0.15) is 0 Å². The normalized spacial score (nSPS) is 13.8. The summed E-state index contributed by atoms with van der Waals surface area (Å²) in [5.41, 5.74) is 4.78. The number of fused-ring (bicyclic) bond motifs is 1. The van der Waals surface area contributed by atoms with Crippen LogP contribution < -0.4 is 4.90 Å². The molecule has 1 aliphatic heterocycles. The summed E-state index contributed by atoms with van der Waals surface area (Å²) in [6.07, 6.45) is 1.08. The van der Waals surface area contributed by atoms with E-state index in [-0.39, 0.29) is 6.61 Å². The highest BCUT2D eigenvalue weighted by molar-refractivity contribution is 5.71. The number of hydrogen-bond donors (Lipinski definition) is 1. The Morgan fingerprint density at radius 3 is 2.47 bits per heavy atom. The highest BCUT2D eigenvalue weighted by atomic mass is 16.3. The Bertz CT molecular complexity index is 536. The van der Waals surface area contributed by atoms with E-state index in [2.05, 4.69) is 35.2 Å². The molecule has 0 spiro atoms. The zero-order valence-electron chi connectivity index (χ0n) is 9.63. The second kappa shape index (κ2) is 4.22. The van der Waals surface area contributed by atoms with Crippen LogP contribution >= 0.6 is 0 Å². The lowest BCUT2D eigenvalue weighted by atomic mass is 10.1. The van der Waals surface area contributed by atoms with Gasteiger partial charge in [0.05, 0.1) is 6.61 Å². The van der Waals surface area contributed by atoms with Crippen molar-refractivity contribution >= 4 is 11.4 Å². The first-order chi connectivity index (χ1) is 8.40. The number of anilines is 2. The number of hydrogen-bond acceptors (Lipinski definition) is 2. The zero-order chi connectivity index (χ0) is 11.7. The number of nitrogens with zero attached hydrogens (tertiary/aromatic N) is 1. The van der Waals surface area contributed by atoms with Crippen molar-refractivity contribution in [3.63, 3.8) is 0 Å². The van der Waals surface area contributed by atoms with Gasteiger partial charge in [0.2, 0.25) is 0 Å².